The summed E-state index contributed by atoms with van der Waals surface area (Å²) in [6, 6.07) is 31.1. The molecule has 0 saturated heterocycles. The second-order valence-corrected chi connectivity index (χ2v) is 6.95. The lowest BCUT2D eigenvalue weighted by atomic mass is 10.1. The maximum Gasteiger partial charge on any atom is 0.140 e. The molecule has 3 heteroatoms. The number of aromatic nitrogens is 2. The van der Waals surface area contributed by atoms with Crippen LogP contribution in [0, 0.1) is 0 Å². The summed E-state index contributed by atoms with van der Waals surface area (Å²) >= 11 is 0. The molecule has 0 aliphatic heterocycles. The van der Waals surface area contributed by atoms with Gasteiger partial charge in [0.05, 0.1) is 11.0 Å². The molecule has 5 aromatic rings. The van der Waals surface area contributed by atoms with E-state index in [9.17, 15) is 0 Å². The summed E-state index contributed by atoms with van der Waals surface area (Å²) in [5, 5.41) is 2.40. The number of hydrogen-bond donors (Lipinski definition) is 0. The van der Waals surface area contributed by atoms with E-state index in [0.29, 0.717) is 6.61 Å². The van der Waals surface area contributed by atoms with Crippen LogP contribution in [0.4, 0.5) is 0 Å². The predicted octanol–water partition coefficient (Wildman–Crippen LogP) is 5.97. The van der Waals surface area contributed by atoms with E-state index in [2.05, 4.69) is 72.3 Å². The number of hydrogen-bond acceptors (Lipinski definition) is 2. The second-order valence-electron chi connectivity index (χ2n) is 6.95. The van der Waals surface area contributed by atoms with Gasteiger partial charge in [-0.1, -0.05) is 60.7 Å². The van der Waals surface area contributed by atoms with Crippen LogP contribution < -0.4 is 4.74 Å². The zero-order chi connectivity index (χ0) is 18.9. The van der Waals surface area contributed by atoms with Crippen LogP contribution in [-0.2, 0) is 13.7 Å². The van der Waals surface area contributed by atoms with Gasteiger partial charge in [0.1, 0.15) is 18.2 Å². The lowest BCUT2D eigenvalue weighted by Crippen LogP contribution is -1.95. The van der Waals surface area contributed by atoms with E-state index in [0.717, 1.165) is 33.7 Å². The molecule has 0 N–H and O–H groups in total. The topological polar surface area (TPSA) is 27.1 Å². The minimum Gasteiger partial charge on any atom is -0.489 e. The molecule has 136 valence electrons. The van der Waals surface area contributed by atoms with Gasteiger partial charge in [0, 0.05) is 18.0 Å². The minimum atomic E-state index is 0.568. The minimum absolute atomic E-state index is 0.568. The van der Waals surface area contributed by atoms with Gasteiger partial charge in [-0.25, -0.2) is 4.98 Å². The van der Waals surface area contributed by atoms with Crippen molar-refractivity contribution in [3.05, 3.63) is 96.6 Å². The van der Waals surface area contributed by atoms with Gasteiger partial charge in [0.15, 0.2) is 0 Å². The highest BCUT2D eigenvalue weighted by molar-refractivity contribution is 6.05. The summed E-state index contributed by atoms with van der Waals surface area (Å²) in [6.45, 7) is 0.568. The van der Waals surface area contributed by atoms with Gasteiger partial charge in [0.25, 0.3) is 0 Å². The summed E-state index contributed by atoms with van der Waals surface area (Å²) in [5.41, 5.74) is 4.42. The van der Waals surface area contributed by atoms with Crippen LogP contribution in [0.1, 0.15) is 5.56 Å². The van der Waals surface area contributed by atoms with Crippen molar-refractivity contribution >= 4 is 21.8 Å². The van der Waals surface area contributed by atoms with E-state index in [1.807, 2.05) is 30.3 Å². The van der Waals surface area contributed by atoms with E-state index < -0.39 is 0 Å². The van der Waals surface area contributed by atoms with Gasteiger partial charge < -0.3 is 9.30 Å². The molecule has 1 heterocycles. The number of imidazole rings is 1. The first-order chi connectivity index (χ1) is 13.8. The number of ether oxygens (including phenoxy) is 1. The Bertz CT molecular complexity index is 1250. The number of nitrogens with zero attached hydrogens (tertiary/aromatic N) is 2. The zero-order valence-electron chi connectivity index (χ0n) is 15.7. The standard InChI is InChI=1S/C25H20N2O/c1-27-23-16-13-19-9-5-6-10-22(19)24(23)26-25(27)20-11-14-21(15-12-20)28-17-18-7-3-2-4-8-18/h2-16H,17H2,1H3. The molecule has 0 spiro atoms. The van der Waals surface area contributed by atoms with Crippen LogP contribution in [0.25, 0.3) is 33.2 Å². The Hall–Kier alpha value is -3.59. The molecule has 3 nitrogen and oxygen atoms in total. The Morgan fingerprint density at radius 3 is 2.36 bits per heavy atom. The molecule has 0 radical (unpaired) electrons. The fourth-order valence-corrected chi connectivity index (χ4v) is 3.63. The number of rotatable bonds is 4. The molecule has 4 aromatic carbocycles. The van der Waals surface area contributed by atoms with Crippen molar-refractivity contribution in [2.24, 2.45) is 7.05 Å². The van der Waals surface area contributed by atoms with Crippen molar-refractivity contribution in [3.8, 4) is 17.1 Å². The molecular formula is C25H20N2O. The van der Waals surface area contributed by atoms with Crippen molar-refractivity contribution in [2.45, 2.75) is 6.61 Å². The molecule has 0 amide bonds. The van der Waals surface area contributed by atoms with Gasteiger partial charge >= 0.3 is 0 Å². The molecule has 28 heavy (non-hydrogen) atoms. The Balaban J connectivity index is 1.46. The molecular weight excluding hydrogens is 344 g/mol. The fraction of sp³-hybridized carbons (Fsp3) is 0.0800. The second kappa shape index (κ2) is 6.86. The number of benzene rings is 4. The first kappa shape index (κ1) is 16.6. The highest BCUT2D eigenvalue weighted by atomic mass is 16.5. The van der Waals surface area contributed by atoms with E-state index >= 15 is 0 Å². The average molecular weight is 364 g/mol. The van der Waals surface area contributed by atoms with Crippen LogP contribution >= 0.6 is 0 Å². The molecule has 0 aliphatic rings. The lowest BCUT2D eigenvalue weighted by molar-refractivity contribution is 0.306. The lowest BCUT2D eigenvalue weighted by Gasteiger charge is -2.07. The number of aryl methyl sites for hydroxylation is 1. The Kier molecular flexibility index (Phi) is 4.06. The van der Waals surface area contributed by atoms with E-state index in [1.54, 1.807) is 0 Å². The third kappa shape index (κ3) is 2.91. The van der Waals surface area contributed by atoms with E-state index in [1.165, 1.54) is 10.8 Å². The van der Waals surface area contributed by atoms with Crippen LogP contribution in [0.3, 0.4) is 0 Å². The molecule has 0 fully saturated rings. The van der Waals surface area contributed by atoms with Crippen molar-refractivity contribution in [1.29, 1.82) is 0 Å². The maximum absolute atomic E-state index is 5.90. The monoisotopic (exact) mass is 364 g/mol. The van der Waals surface area contributed by atoms with Crippen LogP contribution in [0.5, 0.6) is 5.75 Å². The Morgan fingerprint density at radius 1 is 0.786 bits per heavy atom. The molecule has 0 bridgehead atoms. The highest BCUT2D eigenvalue weighted by Crippen LogP contribution is 2.30. The molecule has 1 aromatic heterocycles. The normalized spacial score (nSPS) is 11.2. The maximum atomic E-state index is 5.90. The third-order valence-corrected chi connectivity index (χ3v) is 5.14. The van der Waals surface area contributed by atoms with Crippen molar-refractivity contribution in [3.63, 3.8) is 0 Å². The first-order valence-electron chi connectivity index (χ1n) is 9.41. The summed E-state index contributed by atoms with van der Waals surface area (Å²) in [6.07, 6.45) is 0. The summed E-state index contributed by atoms with van der Waals surface area (Å²) < 4.78 is 8.06. The largest absolute Gasteiger partial charge is 0.489 e. The van der Waals surface area contributed by atoms with Crippen LogP contribution in [0.2, 0.25) is 0 Å². The van der Waals surface area contributed by atoms with Crippen molar-refractivity contribution in [1.82, 2.24) is 9.55 Å². The summed E-state index contributed by atoms with van der Waals surface area (Å²) in [7, 11) is 2.07. The molecule has 0 atom stereocenters. The quantitative estimate of drug-likeness (QED) is 0.393. The van der Waals surface area contributed by atoms with Gasteiger partial charge in [-0.3, -0.25) is 0 Å². The Morgan fingerprint density at radius 2 is 1.54 bits per heavy atom. The summed E-state index contributed by atoms with van der Waals surface area (Å²) in [5.74, 6) is 1.82. The summed E-state index contributed by atoms with van der Waals surface area (Å²) in [4.78, 5) is 4.96. The van der Waals surface area contributed by atoms with Crippen LogP contribution in [-0.4, -0.2) is 9.55 Å². The van der Waals surface area contributed by atoms with E-state index in [4.69, 9.17) is 9.72 Å². The predicted molar refractivity (Wildman–Crippen MR) is 114 cm³/mol. The van der Waals surface area contributed by atoms with Gasteiger partial charge in [-0.2, -0.15) is 0 Å². The van der Waals surface area contributed by atoms with E-state index in [-0.39, 0.29) is 0 Å². The highest BCUT2D eigenvalue weighted by Gasteiger charge is 2.12. The third-order valence-electron chi connectivity index (χ3n) is 5.14. The van der Waals surface area contributed by atoms with Gasteiger partial charge in [0.2, 0.25) is 0 Å². The zero-order valence-corrected chi connectivity index (χ0v) is 15.7. The molecule has 0 unspecified atom stereocenters. The SMILES string of the molecule is Cn1c(-c2ccc(OCc3ccccc3)cc2)nc2c3ccccc3ccc21. The van der Waals surface area contributed by atoms with Crippen molar-refractivity contribution in [2.75, 3.05) is 0 Å². The fourth-order valence-electron chi connectivity index (χ4n) is 3.63. The molecule has 5 rings (SSSR count). The molecule has 0 aliphatic carbocycles. The smallest absolute Gasteiger partial charge is 0.140 e. The van der Waals surface area contributed by atoms with Crippen LogP contribution in [0.15, 0.2) is 91.0 Å². The van der Waals surface area contributed by atoms with Gasteiger partial charge in [-0.05, 0) is 41.3 Å². The number of fused-ring (bicyclic) bond motifs is 3. The average Bonchev–Trinajstić information content (AvgIpc) is 3.10. The molecule has 0 saturated carbocycles. The Labute approximate surface area is 163 Å². The van der Waals surface area contributed by atoms with Crippen molar-refractivity contribution < 1.29 is 4.74 Å². The first-order valence-corrected chi connectivity index (χ1v) is 9.41. The van der Waals surface area contributed by atoms with Gasteiger partial charge in [-0.15, -0.1) is 0 Å².